The Bertz CT molecular complexity index is 400. The smallest absolute Gasteiger partial charge is 0.165 e. The second kappa shape index (κ2) is 6.85. The molecule has 0 radical (unpaired) electrons. The van der Waals surface area contributed by atoms with Crippen molar-refractivity contribution in [2.75, 3.05) is 0 Å². The SMILES string of the molecule is CCCCC(CC)C(=O)c1ccc(C#N)cc1. The molecule has 1 atom stereocenters. The Kier molecular flexibility index (Phi) is 5.42. The van der Waals surface area contributed by atoms with Crippen molar-refractivity contribution >= 4 is 5.78 Å². The van der Waals surface area contributed by atoms with Crippen LogP contribution in [0.4, 0.5) is 0 Å². The van der Waals surface area contributed by atoms with Gasteiger partial charge in [-0.1, -0.05) is 38.8 Å². The maximum Gasteiger partial charge on any atom is 0.165 e. The van der Waals surface area contributed by atoms with Crippen molar-refractivity contribution in [3.63, 3.8) is 0 Å². The molecule has 2 nitrogen and oxygen atoms in total. The van der Waals surface area contributed by atoms with Gasteiger partial charge in [-0.3, -0.25) is 4.79 Å². The van der Waals surface area contributed by atoms with Crippen molar-refractivity contribution in [3.05, 3.63) is 35.4 Å². The molecule has 1 aromatic rings. The van der Waals surface area contributed by atoms with Gasteiger partial charge in [0.1, 0.15) is 0 Å². The van der Waals surface area contributed by atoms with Crippen LogP contribution in [0.25, 0.3) is 0 Å². The van der Waals surface area contributed by atoms with Crippen LogP contribution < -0.4 is 0 Å². The maximum absolute atomic E-state index is 12.2. The van der Waals surface area contributed by atoms with Crippen LogP contribution in [0.3, 0.4) is 0 Å². The van der Waals surface area contributed by atoms with Crippen LogP contribution in [0.1, 0.15) is 55.5 Å². The normalized spacial score (nSPS) is 11.8. The van der Waals surface area contributed by atoms with Crippen molar-refractivity contribution in [2.45, 2.75) is 39.5 Å². The molecule has 17 heavy (non-hydrogen) atoms. The summed E-state index contributed by atoms with van der Waals surface area (Å²) in [5.41, 5.74) is 1.33. The minimum Gasteiger partial charge on any atom is -0.294 e. The van der Waals surface area contributed by atoms with E-state index in [9.17, 15) is 4.79 Å². The Hall–Kier alpha value is -1.62. The van der Waals surface area contributed by atoms with Gasteiger partial charge in [0.15, 0.2) is 5.78 Å². The molecular formula is C15H19NO. The fraction of sp³-hybridized carbons (Fsp3) is 0.467. The fourth-order valence-electron chi connectivity index (χ4n) is 1.92. The van der Waals surface area contributed by atoms with Crippen molar-refractivity contribution in [2.24, 2.45) is 5.92 Å². The second-order valence-electron chi connectivity index (χ2n) is 4.30. The molecule has 0 spiro atoms. The first-order chi connectivity index (χ1) is 8.22. The second-order valence-corrected chi connectivity index (χ2v) is 4.30. The van der Waals surface area contributed by atoms with Crippen molar-refractivity contribution < 1.29 is 4.79 Å². The van der Waals surface area contributed by atoms with Gasteiger partial charge in [0.25, 0.3) is 0 Å². The monoisotopic (exact) mass is 229 g/mol. The number of benzene rings is 1. The molecule has 1 unspecified atom stereocenters. The Morgan fingerprint density at radius 3 is 2.41 bits per heavy atom. The summed E-state index contributed by atoms with van der Waals surface area (Å²) in [6, 6.07) is 8.99. The molecule has 2 heteroatoms. The zero-order valence-corrected chi connectivity index (χ0v) is 10.6. The Balaban J connectivity index is 2.76. The lowest BCUT2D eigenvalue weighted by Crippen LogP contribution is -2.14. The highest BCUT2D eigenvalue weighted by Gasteiger charge is 2.17. The summed E-state index contributed by atoms with van der Waals surface area (Å²) in [5, 5.41) is 8.70. The summed E-state index contributed by atoms with van der Waals surface area (Å²) in [6.45, 7) is 4.20. The van der Waals surface area contributed by atoms with Gasteiger partial charge < -0.3 is 0 Å². The Morgan fingerprint density at radius 2 is 1.94 bits per heavy atom. The highest BCUT2D eigenvalue weighted by atomic mass is 16.1. The summed E-state index contributed by atoms with van der Waals surface area (Å²) in [7, 11) is 0. The van der Waals surface area contributed by atoms with Gasteiger partial charge in [0, 0.05) is 11.5 Å². The Labute approximate surface area is 103 Å². The molecule has 0 aliphatic carbocycles. The van der Waals surface area contributed by atoms with Crippen molar-refractivity contribution in [1.82, 2.24) is 0 Å². The number of rotatable bonds is 6. The lowest BCUT2D eigenvalue weighted by molar-refractivity contribution is 0.0908. The van der Waals surface area contributed by atoms with Crippen molar-refractivity contribution in [3.8, 4) is 6.07 Å². The average Bonchev–Trinajstić information content (AvgIpc) is 2.39. The molecule has 0 aliphatic heterocycles. The number of carbonyl (C=O) groups is 1. The van der Waals surface area contributed by atoms with E-state index in [0.29, 0.717) is 5.56 Å². The largest absolute Gasteiger partial charge is 0.294 e. The lowest BCUT2D eigenvalue weighted by Gasteiger charge is -2.13. The van der Waals surface area contributed by atoms with E-state index in [1.807, 2.05) is 0 Å². The van der Waals surface area contributed by atoms with E-state index in [-0.39, 0.29) is 11.7 Å². The van der Waals surface area contributed by atoms with Gasteiger partial charge in [-0.15, -0.1) is 0 Å². The zero-order chi connectivity index (χ0) is 12.7. The van der Waals surface area contributed by atoms with Gasteiger partial charge in [-0.25, -0.2) is 0 Å². The van der Waals surface area contributed by atoms with Crippen LogP contribution in [-0.4, -0.2) is 5.78 Å². The summed E-state index contributed by atoms with van der Waals surface area (Å²) < 4.78 is 0. The summed E-state index contributed by atoms with van der Waals surface area (Å²) >= 11 is 0. The first-order valence-corrected chi connectivity index (χ1v) is 6.27. The Morgan fingerprint density at radius 1 is 1.29 bits per heavy atom. The fourth-order valence-corrected chi connectivity index (χ4v) is 1.92. The third-order valence-electron chi connectivity index (χ3n) is 3.07. The number of Topliss-reactive ketones (excluding diaryl/α,β-unsaturated/α-hetero) is 1. The lowest BCUT2D eigenvalue weighted by atomic mass is 9.90. The molecule has 1 rings (SSSR count). The maximum atomic E-state index is 12.2. The third-order valence-corrected chi connectivity index (χ3v) is 3.07. The molecule has 1 aromatic carbocycles. The molecule has 0 fully saturated rings. The van der Waals surface area contributed by atoms with E-state index in [4.69, 9.17) is 5.26 Å². The van der Waals surface area contributed by atoms with E-state index in [1.165, 1.54) is 0 Å². The van der Waals surface area contributed by atoms with Crippen LogP contribution in [0, 0.1) is 17.2 Å². The predicted octanol–water partition coefficient (Wildman–Crippen LogP) is 3.96. The van der Waals surface area contributed by atoms with Gasteiger partial charge in [-0.05, 0) is 25.0 Å². The van der Waals surface area contributed by atoms with Crippen LogP contribution >= 0.6 is 0 Å². The minimum atomic E-state index is 0.128. The zero-order valence-electron chi connectivity index (χ0n) is 10.6. The van der Waals surface area contributed by atoms with Crippen LogP contribution in [0.5, 0.6) is 0 Å². The van der Waals surface area contributed by atoms with Gasteiger partial charge in [0.05, 0.1) is 11.6 Å². The average molecular weight is 229 g/mol. The number of unbranched alkanes of at least 4 members (excludes halogenated alkanes) is 1. The molecule has 0 aliphatic rings. The number of nitrogens with zero attached hydrogens (tertiary/aromatic N) is 1. The molecule has 0 saturated heterocycles. The number of nitriles is 1. The summed E-state index contributed by atoms with van der Waals surface area (Å²) in [4.78, 5) is 12.2. The van der Waals surface area contributed by atoms with E-state index in [2.05, 4.69) is 19.9 Å². The first kappa shape index (κ1) is 13.4. The van der Waals surface area contributed by atoms with Gasteiger partial charge in [0.2, 0.25) is 0 Å². The third kappa shape index (κ3) is 3.71. The van der Waals surface area contributed by atoms with E-state index >= 15 is 0 Å². The quantitative estimate of drug-likeness (QED) is 0.693. The molecule has 0 heterocycles. The van der Waals surface area contributed by atoms with E-state index in [0.717, 1.165) is 31.2 Å². The number of carbonyl (C=O) groups excluding carboxylic acids is 1. The summed E-state index contributed by atoms with van der Waals surface area (Å²) in [6.07, 6.45) is 4.07. The highest BCUT2D eigenvalue weighted by molar-refractivity contribution is 5.97. The van der Waals surface area contributed by atoms with Gasteiger partial charge >= 0.3 is 0 Å². The van der Waals surface area contributed by atoms with Crippen LogP contribution in [0.2, 0.25) is 0 Å². The minimum absolute atomic E-state index is 0.128. The molecule has 0 saturated carbocycles. The van der Waals surface area contributed by atoms with Crippen LogP contribution in [0.15, 0.2) is 24.3 Å². The van der Waals surface area contributed by atoms with Crippen LogP contribution in [-0.2, 0) is 0 Å². The number of ketones is 1. The number of hydrogen-bond acceptors (Lipinski definition) is 2. The predicted molar refractivity (Wildman–Crippen MR) is 68.8 cm³/mol. The summed E-state index contributed by atoms with van der Waals surface area (Å²) in [5.74, 6) is 0.341. The van der Waals surface area contributed by atoms with Gasteiger partial charge in [-0.2, -0.15) is 5.26 Å². The molecule has 90 valence electrons. The molecule has 0 bridgehead atoms. The standard InChI is InChI=1S/C15H19NO/c1-3-5-6-13(4-2)15(17)14-9-7-12(11-16)8-10-14/h7-10,13H,3-6H2,1-2H3. The highest BCUT2D eigenvalue weighted by Crippen LogP contribution is 2.19. The van der Waals surface area contributed by atoms with E-state index < -0.39 is 0 Å². The van der Waals surface area contributed by atoms with E-state index in [1.54, 1.807) is 24.3 Å². The molecule has 0 N–H and O–H groups in total. The number of hydrogen-bond donors (Lipinski definition) is 0. The molecule has 0 amide bonds. The first-order valence-electron chi connectivity index (χ1n) is 6.27. The topological polar surface area (TPSA) is 40.9 Å². The molecule has 0 aromatic heterocycles. The molecular weight excluding hydrogens is 210 g/mol. The van der Waals surface area contributed by atoms with Crippen molar-refractivity contribution in [1.29, 1.82) is 5.26 Å².